The van der Waals surface area contributed by atoms with Gasteiger partial charge in [-0.15, -0.1) is 0 Å². The first-order valence-electron chi connectivity index (χ1n) is 8.69. The number of nitrogens with one attached hydrogen (secondary N) is 1. The summed E-state index contributed by atoms with van der Waals surface area (Å²) in [6, 6.07) is 9.25. The van der Waals surface area contributed by atoms with Crippen molar-refractivity contribution >= 4 is 27.7 Å². The van der Waals surface area contributed by atoms with Crippen LogP contribution in [-0.2, 0) is 10.9 Å². The molecular weight excluding hydrogens is 362 g/mol. The lowest BCUT2D eigenvalue weighted by Gasteiger charge is -2.18. The Morgan fingerprint density at radius 2 is 1.78 bits per heavy atom. The minimum Gasteiger partial charge on any atom is -0.286 e. The molecular formula is C20H23N3O3S. The summed E-state index contributed by atoms with van der Waals surface area (Å²) in [5.74, 6) is -0.0515. The molecule has 0 spiro atoms. The zero-order valence-corrected chi connectivity index (χ0v) is 16.7. The van der Waals surface area contributed by atoms with Gasteiger partial charge in [-0.25, -0.2) is 13.1 Å². The predicted molar refractivity (Wildman–Crippen MR) is 107 cm³/mol. The first-order valence-corrected chi connectivity index (χ1v) is 9.87. The zero-order chi connectivity index (χ0) is 19.8. The number of nitrogens with zero attached hydrogens (tertiary/aromatic N) is 2. The summed E-state index contributed by atoms with van der Waals surface area (Å²) in [5, 5.41) is 0.849. The average molecular weight is 385 g/mol. The molecule has 27 heavy (non-hydrogen) atoms. The third-order valence-electron chi connectivity index (χ3n) is 4.48. The monoisotopic (exact) mass is 385 g/mol. The summed E-state index contributed by atoms with van der Waals surface area (Å²) in [5.41, 5.74) is 2.92. The molecule has 0 aliphatic carbocycles. The van der Waals surface area contributed by atoms with E-state index in [1.54, 1.807) is 30.1 Å². The van der Waals surface area contributed by atoms with Crippen LogP contribution in [0.1, 0.15) is 44.1 Å². The van der Waals surface area contributed by atoms with Crippen molar-refractivity contribution < 1.29 is 13.2 Å². The average Bonchev–Trinajstić information content (AvgIpc) is 2.99. The highest BCUT2D eigenvalue weighted by molar-refractivity contribution is 7.70. The van der Waals surface area contributed by atoms with Gasteiger partial charge in [0, 0.05) is 35.4 Å². The fourth-order valence-electron chi connectivity index (χ4n) is 3.08. The number of carbonyl (C=O) groups is 1. The fraction of sp³-hybridized carbons (Fsp3) is 0.300. The van der Waals surface area contributed by atoms with Crippen molar-refractivity contribution in [1.82, 2.24) is 14.3 Å². The number of aromatic nitrogens is 2. The van der Waals surface area contributed by atoms with E-state index in [1.165, 1.54) is 0 Å². The van der Waals surface area contributed by atoms with Gasteiger partial charge in [0.1, 0.15) is 0 Å². The Kier molecular flexibility index (Phi) is 5.17. The van der Waals surface area contributed by atoms with Gasteiger partial charge >= 0.3 is 0 Å². The number of thiol groups is 1. The maximum atomic E-state index is 13.0. The molecule has 142 valence electrons. The van der Waals surface area contributed by atoms with Crippen molar-refractivity contribution in [2.75, 3.05) is 0 Å². The smallest absolute Gasteiger partial charge is 0.236 e. The lowest BCUT2D eigenvalue weighted by molar-refractivity contribution is 0.0772. The Labute approximate surface area is 160 Å². The lowest BCUT2D eigenvalue weighted by Crippen LogP contribution is -2.26. The van der Waals surface area contributed by atoms with Crippen LogP contribution in [0.5, 0.6) is 0 Å². The van der Waals surface area contributed by atoms with Crippen LogP contribution in [0.15, 0.2) is 48.9 Å². The van der Waals surface area contributed by atoms with Gasteiger partial charge in [-0.05, 0) is 41.8 Å². The molecule has 0 saturated heterocycles. The molecule has 0 amide bonds. The molecule has 1 unspecified atom stereocenters. The molecule has 0 radical (unpaired) electrons. The number of carbonyl (C=O) groups excluding carboxylic acids is 1. The second kappa shape index (κ2) is 7.25. The Bertz CT molecular complexity index is 1060. The van der Waals surface area contributed by atoms with E-state index in [2.05, 4.69) is 9.71 Å². The topological polar surface area (TPSA) is 81.1 Å². The first kappa shape index (κ1) is 19.3. The van der Waals surface area contributed by atoms with E-state index in [4.69, 9.17) is 0 Å². The van der Waals surface area contributed by atoms with Crippen molar-refractivity contribution in [2.45, 2.75) is 33.7 Å². The highest BCUT2D eigenvalue weighted by Crippen LogP contribution is 2.32. The highest BCUT2D eigenvalue weighted by atomic mass is 32.2. The molecule has 0 bridgehead atoms. The second-order valence-electron chi connectivity index (χ2n) is 7.59. The van der Waals surface area contributed by atoms with E-state index in [9.17, 15) is 13.2 Å². The Morgan fingerprint density at radius 3 is 2.37 bits per heavy atom. The van der Waals surface area contributed by atoms with Crippen molar-refractivity contribution in [3.63, 3.8) is 0 Å². The van der Waals surface area contributed by atoms with Gasteiger partial charge in [0.25, 0.3) is 0 Å². The normalized spacial score (nSPS) is 13.2. The fourth-order valence-corrected chi connectivity index (χ4v) is 3.53. The first-order chi connectivity index (χ1) is 12.7. The molecule has 0 aliphatic rings. The number of benzene rings is 1. The second-order valence-corrected chi connectivity index (χ2v) is 8.36. The molecule has 2 aromatic heterocycles. The minimum atomic E-state index is -2.74. The van der Waals surface area contributed by atoms with E-state index in [0.29, 0.717) is 0 Å². The quantitative estimate of drug-likeness (QED) is 0.673. The minimum absolute atomic E-state index is 0.0515. The van der Waals surface area contributed by atoms with Gasteiger partial charge in [0.2, 0.25) is 16.8 Å². The SMILES string of the molecule is CC(N[SH](=O)=O)c1cn(C(=O)C(C)(C)C)c2cc(-c3ccncc3)ccc12. The third kappa shape index (κ3) is 3.94. The largest absolute Gasteiger partial charge is 0.286 e. The van der Waals surface area contributed by atoms with Crippen LogP contribution in [0.4, 0.5) is 0 Å². The Balaban J connectivity index is 2.23. The maximum absolute atomic E-state index is 13.0. The molecule has 1 N–H and O–H groups in total. The summed E-state index contributed by atoms with van der Waals surface area (Å²) in [4.78, 5) is 17.0. The third-order valence-corrected chi connectivity index (χ3v) is 5.07. The van der Waals surface area contributed by atoms with E-state index in [1.807, 2.05) is 51.1 Å². The number of rotatable bonds is 4. The van der Waals surface area contributed by atoms with E-state index >= 15 is 0 Å². The molecule has 3 rings (SSSR count). The van der Waals surface area contributed by atoms with Crippen LogP contribution in [-0.4, -0.2) is 23.9 Å². The highest BCUT2D eigenvalue weighted by Gasteiger charge is 2.26. The van der Waals surface area contributed by atoms with Gasteiger partial charge in [-0.1, -0.05) is 32.9 Å². The summed E-state index contributed by atoms with van der Waals surface area (Å²) in [7, 11) is -2.74. The summed E-state index contributed by atoms with van der Waals surface area (Å²) >= 11 is 0. The van der Waals surface area contributed by atoms with Crippen LogP contribution < -0.4 is 4.72 Å². The van der Waals surface area contributed by atoms with Crippen LogP contribution >= 0.6 is 0 Å². The van der Waals surface area contributed by atoms with Crippen molar-refractivity contribution in [1.29, 1.82) is 0 Å². The van der Waals surface area contributed by atoms with Crippen LogP contribution in [0.25, 0.3) is 22.0 Å². The zero-order valence-electron chi connectivity index (χ0n) is 15.8. The van der Waals surface area contributed by atoms with Gasteiger partial charge in [0.15, 0.2) is 0 Å². The van der Waals surface area contributed by atoms with Crippen molar-refractivity contribution in [3.05, 3.63) is 54.5 Å². The predicted octanol–water partition coefficient (Wildman–Crippen LogP) is 3.57. The van der Waals surface area contributed by atoms with Gasteiger partial charge in [-0.2, -0.15) is 0 Å². The molecule has 7 heteroatoms. The van der Waals surface area contributed by atoms with Gasteiger partial charge in [-0.3, -0.25) is 14.3 Å². The van der Waals surface area contributed by atoms with Crippen LogP contribution in [0.2, 0.25) is 0 Å². The van der Waals surface area contributed by atoms with Gasteiger partial charge in [0.05, 0.1) is 5.52 Å². The molecule has 0 fully saturated rings. The number of fused-ring (bicyclic) bond motifs is 1. The van der Waals surface area contributed by atoms with Crippen LogP contribution in [0.3, 0.4) is 0 Å². The van der Waals surface area contributed by atoms with E-state index in [0.717, 1.165) is 27.6 Å². The maximum Gasteiger partial charge on any atom is 0.236 e. The van der Waals surface area contributed by atoms with Crippen LogP contribution in [0, 0.1) is 5.41 Å². The standard InChI is InChI=1S/C20H23N3O3S/c1-13(22-27(25)26)17-12-23(19(24)20(2,3)4)18-11-15(5-6-16(17)18)14-7-9-21-10-8-14/h5-13,27H,1-4H3,(H,22,25,26). The lowest BCUT2D eigenvalue weighted by atomic mass is 9.95. The molecule has 0 aliphatic heterocycles. The Morgan fingerprint density at radius 1 is 1.11 bits per heavy atom. The van der Waals surface area contributed by atoms with Gasteiger partial charge < -0.3 is 0 Å². The molecule has 0 saturated carbocycles. The summed E-state index contributed by atoms with van der Waals surface area (Å²) < 4.78 is 26.3. The number of hydrogen-bond acceptors (Lipinski definition) is 4. The van der Waals surface area contributed by atoms with E-state index in [-0.39, 0.29) is 5.91 Å². The molecule has 1 atom stereocenters. The Hall–Kier alpha value is -2.51. The summed E-state index contributed by atoms with van der Waals surface area (Å²) in [6.45, 7) is 7.36. The molecule has 1 aromatic carbocycles. The molecule has 3 aromatic rings. The number of hydrogen-bond donors (Lipinski definition) is 2. The molecule has 2 heterocycles. The number of pyridine rings is 1. The van der Waals surface area contributed by atoms with Crippen molar-refractivity contribution in [2.24, 2.45) is 5.41 Å². The van der Waals surface area contributed by atoms with E-state index < -0.39 is 22.3 Å². The summed E-state index contributed by atoms with van der Waals surface area (Å²) in [6.07, 6.45) is 5.19. The molecule has 6 nitrogen and oxygen atoms in total. The van der Waals surface area contributed by atoms with Crippen molar-refractivity contribution in [3.8, 4) is 11.1 Å².